The number of benzene rings is 1. The number of carbonyl (C=O) groups is 3. The highest BCUT2D eigenvalue weighted by molar-refractivity contribution is 5.96. The third kappa shape index (κ3) is 7.37. The fourth-order valence-electron chi connectivity index (χ4n) is 1.90. The summed E-state index contributed by atoms with van der Waals surface area (Å²) in [6.07, 6.45) is 0.106. The summed E-state index contributed by atoms with van der Waals surface area (Å²) in [4.78, 5) is 34.6. The van der Waals surface area contributed by atoms with Gasteiger partial charge in [-0.2, -0.15) is 13.2 Å². The molecule has 26 heavy (non-hydrogen) atoms. The lowest BCUT2D eigenvalue weighted by Crippen LogP contribution is -2.40. The Kier molecular flexibility index (Phi) is 6.37. The number of amides is 3. The molecule has 0 saturated heterocycles. The zero-order chi connectivity index (χ0) is 19.2. The van der Waals surface area contributed by atoms with E-state index in [1.165, 1.54) is 6.08 Å². The summed E-state index contributed by atoms with van der Waals surface area (Å²) in [5, 5.41) is 6.68. The van der Waals surface area contributed by atoms with Crippen molar-refractivity contribution in [3.05, 3.63) is 41.5 Å². The van der Waals surface area contributed by atoms with Gasteiger partial charge in [-0.15, -0.1) is 0 Å². The van der Waals surface area contributed by atoms with Gasteiger partial charge in [-0.05, 0) is 36.6 Å². The summed E-state index contributed by atoms with van der Waals surface area (Å²) >= 11 is 0. The molecule has 1 aliphatic carbocycles. The van der Waals surface area contributed by atoms with Gasteiger partial charge in [-0.1, -0.05) is 12.1 Å². The molecule has 0 atom stereocenters. The molecule has 0 aliphatic heterocycles. The minimum absolute atomic E-state index is 0.148. The van der Waals surface area contributed by atoms with Crippen molar-refractivity contribution in [3.8, 4) is 0 Å². The molecule has 1 aromatic carbocycles. The first-order valence-electron chi connectivity index (χ1n) is 7.93. The van der Waals surface area contributed by atoms with E-state index in [0.29, 0.717) is 11.1 Å². The largest absolute Gasteiger partial charge is 0.405 e. The monoisotopic (exact) mass is 369 g/mol. The van der Waals surface area contributed by atoms with E-state index in [2.05, 4.69) is 10.6 Å². The van der Waals surface area contributed by atoms with Crippen molar-refractivity contribution in [3.63, 3.8) is 0 Å². The lowest BCUT2D eigenvalue weighted by atomic mass is 10.1. The number of alkyl halides is 3. The molecule has 1 fully saturated rings. The van der Waals surface area contributed by atoms with E-state index in [9.17, 15) is 27.6 Å². The molecule has 6 nitrogen and oxygen atoms in total. The summed E-state index contributed by atoms with van der Waals surface area (Å²) in [5.74, 6) is -1.71. The first kappa shape index (κ1) is 19.5. The lowest BCUT2D eigenvalue weighted by Gasteiger charge is -2.08. The molecule has 1 aliphatic rings. The summed E-state index contributed by atoms with van der Waals surface area (Å²) in [5.41, 5.74) is 1.17. The van der Waals surface area contributed by atoms with E-state index in [0.717, 1.165) is 18.9 Å². The van der Waals surface area contributed by atoms with Crippen molar-refractivity contribution in [1.29, 1.82) is 0 Å². The first-order chi connectivity index (χ1) is 12.2. The third-order valence-corrected chi connectivity index (χ3v) is 3.42. The normalized spacial score (nSPS) is 14.1. The SMILES string of the molecule is O=C(/C=C/c1ccc(C(=O)NC2CC2)cc1)NCC(=O)NCC(F)(F)F. The van der Waals surface area contributed by atoms with Crippen molar-refractivity contribution in [2.45, 2.75) is 25.1 Å². The van der Waals surface area contributed by atoms with Crippen LogP contribution in [0.2, 0.25) is 0 Å². The number of rotatable bonds is 7. The minimum Gasteiger partial charge on any atom is -0.349 e. The van der Waals surface area contributed by atoms with Crippen LogP contribution in [0.3, 0.4) is 0 Å². The van der Waals surface area contributed by atoms with Gasteiger partial charge in [0.1, 0.15) is 6.54 Å². The number of carbonyl (C=O) groups excluding carboxylic acids is 3. The van der Waals surface area contributed by atoms with Crippen LogP contribution in [0.25, 0.3) is 6.08 Å². The predicted octanol–water partition coefficient (Wildman–Crippen LogP) is 1.39. The summed E-state index contributed by atoms with van der Waals surface area (Å²) in [7, 11) is 0. The molecule has 0 radical (unpaired) electrons. The highest BCUT2D eigenvalue weighted by Crippen LogP contribution is 2.19. The zero-order valence-corrected chi connectivity index (χ0v) is 13.7. The van der Waals surface area contributed by atoms with Gasteiger partial charge >= 0.3 is 6.18 Å². The molecule has 0 bridgehead atoms. The van der Waals surface area contributed by atoms with Crippen LogP contribution < -0.4 is 16.0 Å². The Morgan fingerprint density at radius 3 is 2.31 bits per heavy atom. The second-order valence-corrected chi connectivity index (χ2v) is 5.81. The Hall–Kier alpha value is -2.84. The Bertz CT molecular complexity index is 695. The molecule has 9 heteroatoms. The Morgan fingerprint density at radius 1 is 1.08 bits per heavy atom. The average molecular weight is 369 g/mol. The highest BCUT2D eigenvalue weighted by atomic mass is 19.4. The van der Waals surface area contributed by atoms with E-state index < -0.39 is 31.1 Å². The second-order valence-electron chi connectivity index (χ2n) is 5.81. The number of halogens is 3. The van der Waals surface area contributed by atoms with Crippen molar-refractivity contribution in [1.82, 2.24) is 16.0 Å². The second kappa shape index (κ2) is 8.50. The molecule has 2 rings (SSSR count). The van der Waals surface area contributed by atoms with Crippen LogP contribution >= 0.6 is 0 Å². The summed E-state index contributed by atoms with van der Waals surface area (Å²) in [6.45, 7) is -2.00. The topological polar surface area (TPSA) is 87.3 Å². The fraction of sp³-hybridized carbons (Fsp3) is 0.353. The van der Waals surface area contributed by atoms with Crippen LogP contribution in [-0.4, -0.2) is 43.0 Å². The Balaban J connectivity index is 1.74. The van der Waals surface area contributed by atoms with Crippen LogP contribution in [0.1, 0.15) is 28.8 Å². The van der Waals surface area contributed by atoms with Gasteiger partial charge < -0.3 is 16.0 Å². The van der Waals surface area contributed by atoms with E-state index in [1.807, 2.05) is 0 Å². The van der Waals surface area contributed by atoms with Gasteiger partial charge in [0.05, 0.1) is 6.54 Å². The van der Waals surface area contributed by atoms with Gasteiger partial charge in [0.25, 0.3) is 5.91 Å². The van der Waals surface area contributed by atoms with Crippen molar-refractivity contribution in [2.75, 3.05) is 13.1 Å². The molecule has 1 aromatic rings. The quantitative estimate of drug-likeness (QED) is 0.635. The Labute approximate surface area is 147 Å². The van der Waals surface area contributed by atoms with Crippen molar-refractivity contribution >= 4 is 23.8 Å². The summed E-state index contributed by atoms with van der Waals surface area (Å²) in [6, 6.07) is 6.82. The lowest BCUT2D eigenvalue weighted by molar-refractivity contribution is -0.138. The molecular formula is C17H18F3N3O3. The van der Waals surface area contributed by atoms with Gasteiger partial charge in [0.2, 0.25) is 11.8 Å². The molecular weight excluding hydrogens is 351 g/mol. The van der Waals surface area contributed by atoms with Crippen LogP contribution in [-0.2, 0) is 9.59 Å². The van der Waals surface area contributed by atoms with E-state index in [1.54, 1.807) is 29.6 Å². The van der Waals surface area contributed by atoms with Gasteiger partial charge in [-0.3, -0.25) is 14.4 Å². The number of hydrogen-bond acceptors (Lipinski definition) is 3. The molecule has 140 valence electrons. The molecule has 1 saturated carbocycles. The molecule has 3 N–H and O–H groups in total. The van der Waals surface area contributed by atoms with Crippen molar-refractivity contribution in [2.24, 2.45) is 0 Å². The van der Waals surface area contributed by atoms with E-state index in [-0.39, 0.29) is 11.9 Å². The van der Waals surface area contributed by atoms with Gasteiger partial charge in [0, 0.05) is 17.7 Å². The smallest absolute Gasteiger partial charge is 0.349 e. The van der Waals surface area contributed by atoms with Crippen LogP contribution in [0, 0.1) is 0 Å². The predicted molar refractivity (Wildman–Crippen MR) is 88.0 cm³/mol. The summed E-state index contributed by atoms with van der Waals surface area (Å²) < 4.78 is 35.8. The fourth-order valence-corrected chi connectivity index (χ4v) is 1.90. The molecule has 0 aromatic heterocycles. The highest BCUT2D eigenvalue weighted by Gasteiger charge is 2.27. The molecule has 0 heterocycles. The van der Waals surface area contributed by atoms with Crippen molar-refractivity contribution < 1.29 is 27.6 Å². The maximum Gasteiger partial charge on any atom is 0.405 e. The first-order valence-corrected chi connectivity index (χ1v) is 7.93. The zero-order valence-electron chi connectivity index (χ0n) is 13.7. The van der Waals surface area contributed by atoms with E-state index in [4.69, 9.17) is 0 Å². The molecule has 0 spiro atoms. The number of nitrogens with one attached hydrogen (secondary N) is 3. The van der Waals surface area contributed by atoms with Crippen LogP contribution in [0.4, 0.5) is 13.2 Å². The molecule has 0 unspecified atom stereocenters. The average Bonchev–Trinajstić information content (AvgIpc) is 3.40. The number of hydrogen-bond donors (Lipinski definition) is 3. The third-order valence-electron chi connectivity index (χ3n) is 3.42. The Morgan fingerprint density at radius 2 is 1.73 bits per heavy atom. The van der Waals surface area contributed by atoms with E-state index >= 15 is 0 Å². The maximum atomic E-state index is 11.9. The van der Waals surface area contributed by atoms with Crippen LogP contribution in [0.15, 0.2) is 30.3 Å². The standard InChI is InChI=1S/C17H18F3N3O3/c18-17(19,20)10-22-15(25)9-21-14(24)8-3-11-1-4-12(5-2-11)16(26)23-13-6-7-13/h1-5,8,13H,6-7,9-10H2,(H,21,24)(H,22,25)(H,23,26)/b8-3+. The van der Waals surface area contributed by atoms with Gasteiger partial charge in [0.15, 0.2) is 0 Å². The van der Waals surface area contributed by atoms with Crippen LogP contribution in [0.5, 0.6) is 0 Å². The minimum atomic E-state index is -4.50. The van der Waals surface area contributed by atoms with Gasteiger partial charge in [-0.25, -0.2) is 0 Å². The molecule has 3 amide bonds. The maximum absolute atomic E-state index is 11.9.